The van der Waals surface area contributed by atoms with E-state index in [9.17, 15) is 3.07 Å². The Labute approximate surface area is 75.4 Å². The van der Waals surface area contributed by atoms with Crippen LogP contribution in [0.2, 0.25) is 0 Å². The van der Waals surface area contributed by atoms with Gasteiger partial charge in [-0.3, -0.25) is 0 Å². The number of rotatable bonds is 0. The van der Waals surface area contributed by atoms with E-state index in [1.165, 1.54) is 0 Å². The molecule has 2 nitrogen and oxygen atoms in total. The molecule has 1 heterocycles. The number of terminal acetylenes is 1. The Bertz CT molecular complexity index is 403. The molecule has 0 saturated carbocycles. The van der Waals surface area contributed by atoms with Crippen LogP contribution in [0.15, 0.2) is 24.3 Å². The summed E-state index contributed by atoms with van der Waals surface area (Å²) in [6.45, 7) is 0.403. The Balaban J connectivity index is 2.66. The van der Waals surface area contributed by atoms with Crippen molar-refractivity contribution < 1.29 is 6.14 Å². The van der Waals surface area contributed by atoms with Gasteiger partial charge in [-0.25, -0.2) is 0 Å². The van der Waals surface area contributed by atoms with Crippen LogP contribution in [0.1, 0.15) is 5.56 Å². The van der Waals surface area contributed by atoms with Crippen molar-refractivity contribution in [2.75, 3.05) is 0 Å². The average molecular weight is 274 g/mol. The normalized spacial score (nSPS) is 31.6. The van der Waals surface area contributed by atoms with Crippen LogP contribution in [-0.4, -0.2) is 0 Å². The van der Waals surface area contributed by atoms with Gasteiger partial charge < -0.3 is 0 Å². The van der Waals surface area contributed by atoms with Gasteiger partial charge >= 0.3 is 75.3 Å². The Morgan fingerprint density at radius 2 is 2.25 bits per heavy atom. The summed E-state index contributed by atoms with van der Waals surface area (Å²) in [5.41, 5.74) is 0.974. The second-order valence-corrected chi connectivity index (χ2v) is 7.49. The molecule has 0 aliphatic carbocycles. The molecular formula is C9H7IO2. The molecule has 3 heteroatoms. The molecule has 2 rings (SSSR count). The molecule has 0 amide bonds. The van der Waals surface area contributed by atoms with Crippen LogP contribution in [-0.2, 0) is 12.7 Å². The molecule has 1 atom stereocenters. The van der Waals surface area contributed by atoms with E-state index in [2.05, 4.69) is 3.93 Å². The van der Waals surface area contributed by atoms with E-state index in [-0.39, 0.29) is 0 Å². The summed E-state index contributed by atoms with van der Waals surface area (Å²) >= 11 is -3.63. The van der Waals surface area contributed by atoms with Gasteiger partial charge in [0.05, 0.1) is 0 Å². The van der Waals surface area contributed by atoms with Gasteiger partial charge in [-0.15, -0.1) is 0 Å². The van der Waals surface area contributed by atoms with Crippen molar-refractivity contribution in [3.8, 4) is 10.4 Å². The van der Waals surface area contributed by atoms with Crippen LogP contribution < -0.4 is 0 Å². The van der Waals surface area contributed by atoms with Gasteiger partial charge in [-0.1, -0.05) is 0 Å². The van der Waals surface area contributed by atoms with E-state index < -0.39 is 18.8 Å². The summed E-state index contributed by atoms with van der Waals surface area (Å²) < 4.78 is 20.0. The third-order valence-electron chi connectivity index (χ3n) is 1.73. The Hall–Kier alpha value is -0.730. The topological polar surface area (TPSA) is 26.3 Å². The molecule has 0 fully saturated rings. The summed E-state index contributed by atoms with van der Waals surface area (Å²) in [4.78, 5) is 0. The fourth-order valence-corrected chi connectivity index (χ4v) is 4.70. The van der Waals surface area contributed by atoms with E-state index >= 15 is 0 Å². The SMILES string of the molecule is C#CI1(=O)OCc2ccccc21. The maximum absolute atomic E-state index is 11.8. The van der Waals surface area contributed by atoms with Crippen LogP contribution in [0.5, 0.6) is 0 Å². The second kappa shape index (κ2) is 2.64. The van der Waals surface area contributed by atoms with Gasteiger partial charge in [0.25, 0.3) is 0 Å². The molecule has 0 saturated heterocycles. The third kappa shape index (κ3) is 0.993. The average Bonchev–Trinajstić information content (AvgIpc) is 2.46. The molecule has 0 aromatic heterocycles. The molecule has 1 aromatic rings. The van der Waals surface area contributed by atoms with Gasteiger partial charge in [0.2, 0.25) is 0 Å². The zero-order valence-corrected chi connectivity index (χ0v) is 8.45. The first kappa shape index (κ1) is 7.90. The molecule has 1 unspecified atom stereocenters. The summed E-state index contributed by atoms with van der Waals surface area (Å²) in [5.74, 6) is 0. The van der Waals surface area contributed by atoms with Crippen molar-refractivity contribution >= 4 is 18.8 Å². The molecular weight excluding hydrogens is 267 g/mol. The number of hydrogen-bond donors (Lipinski definition) is 0. The molecule has 1 aliphatic rings. The third-order valence-corrected chi connectivity index (χ3v) is 6.32. The number of halogens is 1. The number of benzene rings is 1. The summed E-state index contributed by atoms with van der Waals surface area (Å²) in [6.07, 6.45) is 5.18. The first-order valence-corrected chi connectivity index (χ1v) is 7.36. The zero-order chi connectivity index (χ0) is 8.60. The van der Waals surface area contributed by atoms with E-state index in [0.29, 0.717) is 6.61 Å². The van der Waals surface area contributed by atoms with Gasteiger partial charge in [0, 0.05) is 0 Å². The molecule has 1 aliphatic heterocycles. The molecule has 0 radical (unpaired) electrons. The van der Waals surface area contributed by atoms with Gasteiger partial charge in [0.15, 0.2) is 0 Å². The van der Waals surface area contributed by atoms with Crippen LogP contribution >= 0.6 is 18.8 Å². The number of hydrogen-bond acceptors (Lipinski definition) is 2. The molecule has 1 aromatic carbocycles. The predicted molar refractivity (Wildman–Crippen MR) is 53.5 cm³/mol. The van der Waals surface area contributed by atoms with Gasteiger partial charge in [-0.2, -0.15) is 0 Å². The predicted octanol–water partition coefficient (Wildman–Crippen LogP) is 2.28. The standard InChI is InChI=1S/C9H7IO2/c1-2-10(11)9-6-4-3-5-8(9)7-12-10/h1,3-6H,7H2. The van der Waals surface area contributed by atoms with Gasteiger partial charge in [0.1, 0.15) is 0 Å². The Kier molecular flexibility index (Phi) is 1.74. The summed E-state index contributed by atoms with van der Waals surface area (Å²) in [6, 6.07) is 7.42. The fraction of sp³-hybridized carbons (Fsp3) is 0.111. The molecule has 0 bridgehead atoms. The monoisotopic (exact) mass is 274 g/mol. The van der Waals surface area contributed by atoms with E-state index in [4.69, 9.17) is 9.49 Å². The van der Waals surface area contributed by atoms with Crippen molar-refractivity contribution in [3.05, 3.63) is 33.4 Å². The maximum atomic E-state index is 11.8. The second-order valence-electron chi connectivity index (χ2n) is 2.42. The van der Waals surface area contributed by atoms with E-state index in [1.54, 1.807) is 6.07 Å². The summed E-state index contributed by atoms with van der Waals surface area (Å²) in [7, 11) is 0. The fourth-order valence-electron chi connectivity index (χ4n) is 1.14. The van der Waals surface area contributed by atoms with Crippen molar-refractivity contribution in [3.63, 3.8) is 0 Å². The van der Waals surface area contributed by atoms with Crippen molar-refractivity contribution in [1.29, 1.82) is 0 Å². The molecule has 0 N–H and O–H groups in total. The molecule has 0 spiro atoms. The minimum absolute atomic E-state index is 0.403. The summed E-state index contributed by atoms with van der Waals surface area (Å²) in [5, 5.41) is 0. The molecule has 62 valence electrons. The minimum atomic E-state index is -3.63. The van der Waals surface area contributed by atoms with Gasteiger partial charge in [-0.05, 0) is 0 Å². The number of fused-ring (bicyclic) bond motifs is 1. The first-order valence-electron chi connectivity index (χ1n) is 3.44. The zero-order valence-electron chi connectivity index (χ0n) is 6.29. The van der Waals surface area contributed by atoms with Crippen LogP contribution in [0.3, 0.4) is 0 Å². The van der Waals surface area contributed by atoms with Crippen molar-refractivity contribution in [2.24, 2.45) is 0 Å². The van der Waals surface area contributed by atoms with Crippen LogP contribution in [0, 0.1) is 13.9 Å². The first-order chi connectivity index (χ1) is 5.76. The van der Waals surface area contributed by atoms with E-state index in [0.717, 1.165) is 9.13 Å². The van der Waals surface area contributed by atoms with Crippen LogP contribution in [0.4, 0.5) is 0 Å². The molecule has 12 heavy (non-hydrogen) atoms. The van der Waals surface area contributed by atoms with E-state index in [1.807, 2.05) is 18.2 Å². The van der Waals surface area contributed by atoms with Crippen LogP contribution in [0.25, 0.3) is 0 Å². The van der Waals surface area contributed by atoms with Crippen molar-refractivity contribution in [2.45, 2.75) is 6.61 Å². The quantitative estimate of drug-likeness (QED) is 0.536. The Morgan fingerprint density at radius 1 is 1.50 bits per heavy atom. The Morgan fingerprint density at radius 3 is 3.00 bits per heavy atom. The van der Waals surface area contributed by atoms with Crippen molar-refractivity contribution in [1.82, 2.24) is 0 Å².